The molecular weight excluding hydrogens is 293 g/mol. The minimum atomic E-state index is -3.52. The van der Waals surface area contributed by atoms with Gasteiger partial charge >= 0.3 is 10.1 Å². The summed E-state index contributed by atoms with van der Waals surface area (Å²) in [6.45, 7) is 1.15. The third kappa shape index (κ3) is 5.53. The number of rotatable bonds is 6. The van der Waals surface area contributed by atoms with Crippen molar-refractivity contribution < 1.29 is 17.0 Å². The van der Waals surface area contributed by atoms with Gasteiger partial charge in [0.1, 0.15) is 11.6 Å². The van der Waals surface area contributed by atoms with E-state index in [1.54, 1.807) is 30.3 Å². The molecule has 0 spiro atoms. The predicted molar refractivity (Wildman–Crippen MR) is 78.9 cm³/mol. The molecule has 6 heteroatoms. The number of hydrogen-bond donors (Lipinski definition) is 1. The summed E-state index contributed by atoms with van der Waals surface area (Å²) in [7, 11) is -3.52. The third-order valence-electron chi connectivity index (χ3n) is 2.72. The number of benzene rings is 2. The van der Waals surface area contributed by atoms with Crippen molar-refractivity contribution in [3.63, 3.8) is 0 Å². The highest BCUT2D eigenvalue weighted by Crippen LogP contribution is 2.15. The summed E-state index contributed by atoms with van der Waals surface area (Å²) < 4.78 is 39.7. The van der Waals surface area contributed by atoms with Crippen molar-refractivity contribution in [1.29, 1.82) is 0 Å². The molecule has 0 unspecified atom stereocenters. The average molecular weight is 309 g/mol. The van der Waals surface area contributed by atoms with Crippen molar-refractivity contribution in [2.24, 2.45) is 0 Å². The minimum absolute atomic E-state index is 0.260. The summed E-state index contributed by atoms with van der Waals surface area (Å²) >= 11 is 0. The van der Waals surface area contributed by atoms with E-state index in [4.69, 9.17) is 4.18 Å². The lowest BCUT2D eigenvalue weighted by atomic mass is 10.2. The molecule has 0 aliphatic carbocycles. The Bertz CT molecular complexity index is 699. The Morgan fingerprint density at radius 2 is 1.71 bits per heavy atom. The van der Waals surface area contributed by atoms with Gasteiger partial charge in [-0.25, -0.2) is 4.39 Å². The van der Waals surface area contributed by atoms with Gasteiger partial charge in [0.25, 0.3) is 0 Å². The Labute approximate surface area is 123 Å². The quantitative estimate of drug-likeness (QED) is 0.833. The molecule has 2 aromatic rings. The van der Waals surface area contributed by atoms with Crippen LogP contribution in [0.25, 0.3) is 0 Å². The van der Waals surface area contributed by atoms with E-state index in [-0.39, 0.29) is 5.82 Å². The Morgan fingerprint density at radius 1 is 1.05 bits per heavy atom. The molecule has 0 atom stereocenters. The summed E-state index contributed by atoms with van der Waals surface area (Å²) in [5.41, 5.74) is 1.87. The topological polar surface area (TPSA) is 55.4 Å². The van der Waals surface area contributed by atoms with Crippen LogP contribution in [0.4, 0.5) is 4.39 Å². The number of hydrogen-bond acceptors (Lipinski definition) is 4. The van der Waals surface area contributed by atoms with Gasteiger partial charge < -0.3 is 9.50 Å². The smallest absolute Gasteiger partial charge is 0.306 e. The summed E-state index contributed by atoms with van der Waals surface area (Å²) in [4.78, 5) is 0. The minimum Gasteiger partial charge on any atom is -0.383 e. The summed E-state index contributed by atoms with van der Waals surface area (Å²) in [5, 5.41) is 3.20. The zero-order chi connectivity index (χ0) is 15.3. The van der Waals surface area contributed by atoms with Crippen molar-refractivity contribution in [3.8, 4) is 5.75 Å². The zero-order valence-corrected chi connectivity index (χ0v) is 12.4. The van der Waals surface area contributed by atoms with Gasteiger partial charge in [-0.3, -0.25) is 0 Å². The molecule has 0 aliphatic rings. The number of nitrogens with one attached hydrogen (secondary N) is 1. The normalized spacial score (nSPS) is 11.3. The molecular formula is C15H16FNO3S. The Kier molecular flexibility index (Phi) is 4.93. The molecule has 1 N–H and O–H groups in total. The molecule has 0 saturated carbocycles. The second kappa shape index (κ2) is 6.69. The van der Waals surface area contributed by atoms with E-state index in [2.05, 4.69) is 5.32 Å². The Morgan fingerprint density at radius 3 is 2.38 bits per heavy atom. The highest BCUT2D eigenvalue weighted by molar-refractivity contribution is 7.86. The first-order valence-corrected chi connectivity index (χ1v) is 8.17. The largest absolute Gasteiger partial charge is 0.383 e. The lowest BCUT2D eigenvalue weighted by Gasteiger charge is -2.07. The van der Waals surface area contributed by atoms with E-state index < -0.39 is 10.1 Å². The maximum Gasteiger partial charge on any atom is 0.306 e. The van der Waals surface area contributed by atoms with Gasteiger partial charge in [-0.2, -0.15) is 8.42 Å². The molecule has 21 heavy (non-hydrogen) atoms. The molecule has 0 saturated heterocycles. The van der Waals surface area contributed by atoms with Gasteiger partial charge in [0, 0.05) is 13.1 Å². The van der Waals surface area contributed by atoms with E-state index in [1.165, 1.54) is 12.1 Å². The SMILES string of the molecule is CS(=O)(=O)Oc1cccc(CNCc2ccc(F)cc2)c1. The molecule has 0 heterocycles. The van der Waals surface area contributed by atoms with Crippen molar-refractivity contribution in [2.75, 3.05) is 6.26 Å². The van der Waals surface area contributed by atoms with Gasteiger partial charge in [-0.1, -0.05) is 24.3 Å². The highest BCUT2D eigenvalue weighted by Gasteiger charge is 2.04. The molecule has 112 valence electrons. The van der Waals surface area contributed by atoms with Crippen molar-refractivity contribution in [2.45, 2.75) is 13.1 Å². The van der Waals surface area contributed by atoms with Gasteiger partial charge in [0.15, 0.2) is 0 Å². The molecule has 4 nitrogen and oxygen atoms in total. The van der Waals surface area contributed by atoms with Crippen LogP contribution in [0.1, 0.15) is 11.1 Å². The maximum absolute atomic E-state index is 12.8. The fraction of sp³-hybridized carbons (Fsp3) is 0.200. The van der Waals surface area contributed by atoms with E-state index in [0.717, 1.165) is 17.4 Å². The first-order chi connectivity index (χ1) is 9.92. The molecule has 2 rings (SSSR count). The molecule has 0 radical (unpaired) electrons. The van der Waals surface area contributed by atoms with Gasteiger partial charge in [0.05, 0.1) is 6.26 Å². The molecule has 0 aliphatic heterocycles. The molecule has 0 bridgehead atoms. The molecule has 0 aromatic heterocycles. The van der Waals surface area contributed by atoms with Crippen LogP contribution in [0.3, 0.4) is 0 Å². The Hall–Kier alpha value is -1.92. The van der Waals surface area contributed by atoms with E-state index in [9.17, 15) is 12.8 Å². The van der Waals surface area contributed by atoms with Crippen molar-refractivity contribution >= 4 is 10.1 Å². The second-order valence-corrected chi connectivity index (χ2v) is 6.24. The monoisotopic (exact) mass is 309 g/mol. The lowest BCUT2D eigenvalue weighted by Crippen LogP contribution is -2.13. The van der Waals surface area contributed by atoms with E-state index in [1.807, 2.05) is 6.07 Å². The van der Waals surface area contributed by atoms with Crippen LogP contribution in [0.2, 0.25) is 0 Å². The summed E-state index contributed by atoms with van der Waals surface area (Å²) in [6, 6.07) is 13.1. The molecule has 0 fully saturated rings. The Balaban J connectivity index is 1.91. The van der Waals surface area contributed by atoms with Crippen molar-refractivity contribution in [3.05, 3.63) is 65.5 Å². The van der Waals surface area contributed by atoms with Crippen LogP contribution in [-0.4, -0.2) is 14.7 Å². The summed E-state index contributed by atoms with van der Waals surface area (Å²) in [5.74, 6) is 0.0305. The maximum atomic E-state index is 12.8. The fourth-order valence-electron chi connectivity index (χ4n) is 1.84. The third-order valence-corrected chi connectivity index (χ3v) is 3.21. The van der Waals surface area contributed by atoms with Crippen LogP contribution >= 0.6 is 0 Å². The average Bonchev–Trinajstić information content (AvgIpc) is 2.39. The van der Waals surface area contributed by atoms with Crippen LogP contribution in [-0.2, 0) is 23.2 Å². The summed E-state index contributed by atoms with van der Waals surface area (Å²) in [6.07, 6.45) is 1.01. The first-order valence-electron chi connectivity index (χ1n) is 6.36. The predicted octanol–water partition coefficient (Wildman–Crippen LogP) is 2.45. The van der Waals surface area contributed by atoms with Crippen LogP contribution in [0.5, 0.6) is 5.75 Å². The van der Waals surface area contributed by atoms with E-state index in [0.29, 0.717) is 18.8 Å². The second-order valence-electron chi connectivity index (χ2n) is 4.66. The van der Waals surface area contributed by atoms with Gasteiger partial charge in [-0.15, -0.1) is 0 Å². The zero-order valence-electron chi connectivity index (χ0n) is 11.5. The highest BCUT2D eigenvalue weighted by atomic mass is 32.2. The van der Waals surface area contributed by atoms with E-state index >= 15 is 0 Å². The standard InChI is InChI=1S/C15H16FNO3S/c1-21(18,19)20-15-4-2-3-13(9-15)11-17-10-12-5-7-14(16)8-6-12/h2-9,17H,10-11H2,1H3. The van der Waals surface area contributed by atoms with Crippen LogP contribution in [0, 0.1) is 5.82 Å². The fourth-order valence-corrected chi connectivity index (χ4v) is 2.29. The van der Waals surface area contributed by atoms with Crippen LogP contribution in [0.15, 0.2) is 48.5 Å². The van der Waals surface area contributed by atoms with Gasteiger partial charge in [0.2, 0.25) is 0 Å². The first kappa shape index (κ1) is 15.5. The molecule has 0 amide bonds. The van der Waals surface area contributed by atoms with Crippen molar-refractivity contribution in [1.82, 2.24) is 5.32 Å². The number of halogens is 1. The molecule has 2 aromatic carbocycles. The van der Waals surface area contributed by atoms with Crippen LogP contribution < -0.4 is 9.50 Å². The lowest BCUT2D eigenvalue weighted by molar-refractivity contribution is 0.492. The van der Waals surface area contributed by atoms with Gasteiger partial charge in [-0.05, 0) is 35.4 Å².